The topological polar surface area (TPSA) is 83.5 Å². The summed E-state index contributed by atoms with van der Waals surface area (Å²) in [6, 6.07) is -0.590. The molecular weight excluding hydrogens is 519 g/mol. The van der Waals surface area contributed by atoms with Gasteiger partial charge in [0, 0.05) is 0 Å². The molecule has 0 spiro atoms. The molecule has 8 nitrogen and oxygen atoms in total. The van der Waals surface area contributed by atoms with Crippen LogP contribution >= 0.6 is 0 Å². The van der Waals surface area contributed by atoms with Crippen LogP contribution in [0.4, 0.5) is 0 Å². The van der Waals surface area contributed by atoms with Crippen LogP contribution in [0.25, 0.3) is 0 Å². The molecule has 9 heteroatoms. The maximum absolute atomic E-state index is 12.4. The summed E-state index contributed by atoms with van der Waals surface area (Å²) in [4.78, 5) is 16.6. The Morgan fingerprint density at radius 2 is 2.04 bits per heavy atom. The molecule has 1 saturated heterocycles. The number of hydrogen-bond donors (Lipinski definition) is 2. The van der Waals surface area contributed by atoms with E-state index in [0.29, 0.717) is 32.8 Å². The molecule has 144 valence electrons. The first kappa shape index (κ1) is 23.2. The van der Waals surface area contributed by atoms with E-state index in [1.807, 2.05) is 27.9 Å². The van der Waals surface area contributed by atoms with Crippen LogP contribution in [0.1, 0.15) is 13.8 Å². The third-order valence-electron chi connectivity index (χ3n) is 4.59. The molecule has 1 heterocycles. The van der Waals surface area contributed by atoms with Gasteiger partial charge in [0.2, 0.25) is 0 Å². The summed E-state index contributed by atoms with van der Waals surface area (Å²) in [6.07, 6.45) is -1.66. The molecule has 1 fully saturated rings. The zero-order valence-electron chi connectivity index (χ0n) is 16.0. The van der Waals surface area contributed by atoms with Crippen molar-refractivity contribution in [3.8, 4) is 0 Å². The Morgan fingerprint density at radius 3 is 2.56 bits per heavy atom. The van der Waals surface area contributed by atoms with Crippen LogP contribution < -0.4 is 5.32 Å². The Balaban J connectivity index is 2.64. The fourth-order valence-corrected chi connectivity index (χ4v) is 3.59. The van der Waals surface area contributed by atoms with Gasteiger partial charge in [-0.3, -0.25) is 0 Å². The molecule has 0 aromatic heterocycles. The average Bonchev–Trinajstić information content (AvgIpc) is 2.58. The Labute approximate surface area is 167 Å². The first-order chi connectivity index (χ1) is 11.8. The van der Waals surface area contributed by atoms with Crippen molar-refractivity contribution in [1.29, 1.82) is 0 Å². The van der Waals surface area contributed by atoms with Crippen molar-refractivity contribution in [2.45, 2.75) is 38.4 Å². The van der Waals surface area contributed by atoms with E-state index in [1.165, 1.54) is 7.11 Å². The Hall–Kier alpha value is 0.152. The van der Waals surface area contributed by atoms with Crippen LogP contribution in [0.2, 0.25) is 0 Å². The van der Waals surface area contributed by atoms with Gasteiger partial charge in [0.25, 0.3) is 0 Å². The minimum absolute atomic E-state index is 0.137. The van der Waals surface area contributed by atoms with Crippen molar-refractivity contribution in [3.63, 3.8) is 0 Å². The Bertz CT molecular complexity index is 400. The van der Waals surface area contributed by atoms with E-state index in [1.54, 1.807) is 0 Å². The van der Waals surface area contributed by atoms with Gasteiger partial charge in [-0.2, -0.15) is 0 Å². The van der Waals surface area contributed by atoms with Crippen molar-refractivity contribution in [3.05, 3.63) is 0 Å². The van der Waals surface area contributed by atoms with Gasteiger partial charge in [0.1, 0.15) is 0 Å². The van der Waals surface area contributed by atoms with Crippen LogP contribution in [0.15, 0.2) is 0 Å². The molecule has 0 aromatic rings. The van der Waals surface area contributed by atoms with Gasteiger partial charge >= 0.3 is 149 Å². The normalized spacial score (nSPS) is 30.0. The molecule has 2 N–H and O–H groups in total. The second-order valence-electron chi connectivity index (χ2n) is 6.73. The number of aliphatic hydroxyl groups excluding tert-OH is 1. The van der Waals surface area contributed by atoms with Crippen LogP contribution in [-0.4, -0.2) is 126 Å². The SMILES string of the molecule is CCN(CCN(C)C)CC(=O)NC1C(OC)OC(C[O][Tl])C(C)C1O. The molecule has 5 atom stereocenters. The quantitative estimate of drug-likeness (QED) is 0.332. The molecule has 5 unspecified atom stereocenters. The van der Waals surface area contributed by atoms with Gasteiger partial charge in [0.05, 0.1) is 0 Å². The van der Waals surface area contributed by atoms with Crippen molar-refractivity contribution in [1.82, 2.24) is 15.1 Å². The summed E-state index contributed by atoms with van der Waals surface area (Å²) in [5.41, 5.74) is 0. The van der Waals surface area contributed by atoms with Crippen molar-refractivity contribution >= 4 is 32.1 Å². The molecule has 1 aliphatic rings. The van der Waals surface area contributed by atoms with E-state index >= 15 is 0 Å². The molecule has 0 aliphatic carbocycles. The summed E-state index contributed by atoms with van der Waals surface area (Å²) in [5, 5.41) is 13.5. The second-order valence-corrected chi connectivity index (χ2v) is 8.02. The molecule has 1 aliphatic heterocycles. The third-order valence-corrected chi connectivity index (χ3v) is 5.34. The summed E-state index contributed by atoms with van der Waals surface area (Å²) in [5.74, 6) is -0.284. The number of ether oxygens (including phenoxy) is 2. The third kappa shape index (κ3) is 7.35. The summed E-state index contributed by atoms with van der Waals surface area (Å²) >= 11 is 0.415. The first-order valence-electron chi connectivity index (χ1n) is 8.68. The molecule has 1 amide bonds. The molecule has 0 bridgehead atoms. The number of likely N-dealkylation sites (N-methyl/N-ethyl adjacent to an activating group) is 2. The van der Waals surface area contributed by atoms with E-state index in [4.69, 9.17) is 12.2 Å². The summed E-state index contributed by atoms with van der Waals surface area (Å²) in [6.45, 7) is 7.14. The summed E-state index contributed by atoms with van der Waals surface area (Å²) in [7, 11) is 5.53. The number of rotatable bonds is 10. The van der Waals surface area contributed by atoms with Crippen LogP contribution in [0.3, 0.4) is 0 Å². The predicted molar refractivity (Wildman–Crippen MR) is 95.1 cm³/mol. The number of hydrogen-bond acceptors (Lipinski definition) is 7. The van der Waals surface area contributed by atoms with E-state index in [9.17, 15) is 9.90 Å². The van der Waals surface area contributed by atoms with Crippen molar-refractivity contribution in [2.75, 3.05) is 54.0 Å². The average molecular weight is 551 g/mol. The van der Waals surface area contributed by atoms with Gasteiger partial charge < -0.3 is 4.90 Å². The molecular formula is C16H32N3O5Tl. The number of methoxy groups -OCH3 is 1. The van der Waals surface area contributed by atoms with E-state index < -0.39 is 18.4 Å². The molecule has 0 radical (unpaired) electrons. The van der Waals surface area contributed by atoms with Crippen molar-refractivity contribution < 1.29 is 22.1 Å². The van der Waals surface area contributed by atoms with E-state index in [-0.39, 0.29) is 24.5 Å². The number of carbonyl (C=O) groups excluding carboxylic acids is 1. The fraction of sp³-hybridized carbons (Fsp3) is 0.938. The second kappa shape index (κ2) is 11.8. The van der Waals surface area contributed by atoms with Crippen LogP contribution in [-0.2, 0) is 17.0 Å². The Kier molecular flexibility index (Phi) is 10.9. The summed E-state index contributed by atoms with van der Waals surface area (Å²) < 4.78 is 16.5. The van der Waals surface area contributed by atoms with Gasteiger partial charge in [-0.15, -0.1) is 0 Å². The molecule has 25 heavy (non-hydrogen) atoms. The monoisotopic (exact) mass is 551 g/mol. The number of aliphatic hydroxyl groups is 1. The van der Waals surface area contributed by atoms with Gasteiger partial charge in [-0.1, -0.05) is 0 Å². The zero-order chi connectivity index (χ0) is 19.0. The van der Waals surface area contributed by atoms with Crippen LogP contribution in [0, 0.1) is 5.92 Å². The number of amides is 1. The van der Waals surface area contributed by atoms with Gasteiger partial charge in [-0.25, -0.2) is 0 Å². The predicted octanol–water partition coefficient (Wildman–Crippen LogP) is -1.18. The molecule has 0 aromatic carbocycles. The maximum atomic E-state index is 12.4. The Morgan fingerprint density at radius 1 is 1.36 bits per heavy atom. The zero-order valence-corrected chi connectivity index (χ0v) is 20.5. The minimum atomic E-state index is -0.746. The number of nitrogens with one attached hydrogen (secondary N) is 1. The standard InChI is InChI=1S/C16H32N3O5.Tl/c1-6-19(8-7-18(3)4)9-13(21)17-14-15(22)11(2)12(10-20)24-16(14)23-5;/h11-12,14-16,22H,6-10H2,1-5H3,(H,17,21);/q-1;+1. The number of carbonyl (C=O) groups is 1. The number of nitrogens with zero attached hydrogens (tertiary/aromatic N) is 2. The fourth-order valence-electron chi connectivity index (χ4n) is 2.86. The van der Waals surface area contributed by atoms with Gasteiger partial charge in [0.15, 0.2) is 0 Å². The van der Waals surface area contributed by atoms with E-state index in [2.05, 4.69) is 15.1 Å². The molecule has 0 saturated carbocycles. The van der Waals surface area contributed by atoms with E-state index in [0.717, 1.165) is 19.6 Å². The first-order valence-corrected chi connectivity index (χ1v) is 10.5. The van der Waals surface area contributed by atoms with Gasteiger partial charge in [-0.05, 0) is 14.1 Å². The van der Waals surface area contributed by atoms with Crippen LogP contribution in [0.5, 0.6) is 0 Å². The van der Waals surface area contributed by atoms with Crippen molar-refractivity contribution in [2.24, 2.45) is 5.92 Å². The molecule has 1 rings (SSSR count).